The summed E-state index contributed by atoms with van der Waals surface area (Å²) in [4.78, 5) is 13.3. The van der Waals surface area contributed by atoms with Crippen LogP contribution in [-0.4, -0.2) is 36.5 Å². The van der Waals surface area contributed by atoms with Gasteiger partial charge in [-0.15, -0.1) is 0 Å². The van der Waals surface area contributed by atoms with Crippen molar-refractivity contribution in [3.05, 3.63) is 0 Å². The molecule has 2 fully saturated rings. The van der Waals surface area contributed by atoms with Crippen molar-refractivity contribution in [2.24, 2.45) is 16.9 Å². The molecule has 0 aromatic rings. The second kappa shape index (κ2) is 3.51. The van der Waals surface area contributed by atoms with E-state index in [0.717, 1.165) is 32.4 Å². The molecule has 1 aliphatic heterocycles. The Morgan fingerprint density at radius 2 is 2.29 bits per heavy atom. The van der Waals surface area contributed by atoms with Crippen molar-refractivity contribution in [2.75, 3.05) is 19.6 Å². The molecule has 2 rings (SSSR count). The van der Waals surface area contributed by atoms with Crippen LogP contribution in [0.15, 0.2) is 0 Å². The number of nitrogens with zero attached hydrogens (tertiary/aromatic N) is 1. The summed E-state index contributed by atoms with van der Waals surface area (Å²) in [5.41, 5.74) is 11.6. The van der Waals surface area contributed by atoms with E-state index >= 15 is 0 Å². The second-order valence-corrected chi connectivity index (χ2v) is 4.77. The zero-order chi connectivity index (χ0) is 10.2. The normalized spacial score (nSPS) is 37.0. The maximum absolute atomic E-state index is 11.4. The van der Waals surface area contributed by atoms with Crippen LogP contribution in [0.3, 0.4) is 0 Å². The summed E-state index contributed by atoms with van der Waals surface area (Å²) in [5, 5.41) is 0. The Morgan fingerprint density at radius 3 is 2.86 bits per heavy atom. The van der Waals surface area contributed by atoms with Gasteiger partial charge in [0.1, 0.15) is 0 Å². The van der Waals surface area contributed by atoms with Crippen molar-refractivity contribution in [1.82, 2.24) is 4.90 Å². The Hall–Kier alpha value is -0.610. The fourth-order valence-electron chi connectivity index (χ4n) is 2.90. The van der Waals surface area contributed by atoms with Crippen molar-refractivity contribution in [3.8, 4) is 0 Å². The van der Waals surface area contributed by atoms with E-state index < -0.39 is 0 Å². The highest BCUT2D eigenvalue weighted by atomic mass is 16.2. The van der Waals surface area contributed by atoms with Gasteiger partial charge in [-0.3, -0.25) is 4.79 Å². The number of nitrogens with two attached hydrogens (primary N) is 2. The van der Waals surface area contributed by atoms with Gasteiger partial charge in [0.15, 0.2) is 0 Å². The highest BCUT2D eigenvalue weighted by Crippen LogP contribution is 2.44. The lowest BCUT2D eigenvalue weighted by molar-refractivity contribution is -0.129. The minimum absolute atomic E-state index is 0.0855. The van der Waals surface area contributed by atoms with E-state index in [2.05, 4.69) is 0 Å². The van der Waals surface area contributed by atoms with Gasteiger partial charge < -0.3 is 16.4 Å². The summed E-state index contributed by atoms with van der Waals surface area (Å²) >= 11 is 0. The van der Waals surface area contributed by atoms with Crippen LogP contribution in [0.1, 0.15) is 25.7 Å². The van der Waals surface area contributed by atoms with Crippen molar-refractivity contribution < 1.29 is 4.79 Å². The molecule has 0 unspecified atom stereocenters. The van der Waals surface area contributed by atoms with Crippen molar-refractivity contribution in [3.63, 3.8) is 0 Å². The Bertz CT molecular complexity index is 244. The molecule has 14 heavy (non-hydrogen) atoms. The van der Waals surface area contributed by atoms with E-state index in [1.165, 1.54) is 6.42 Å². The molecule has 1 saturated heterocycles. The number of amides is 1. The lowest BCUT2D eigenvalue weighted by atomic mass is 9.85. The van der Waals surface area contributed by atoms with Crippen LogP contribution < -0.4 is 11.5 Å². The van der Waals surface area contributed by atoms with Gasteiger partial charge in [0.05, 0.1) is 6.54 Å². The zero-order valence-electron chi connectivity index (χ0n) is 8.54. The van der Waals surface area contributed by atoms with Crippen molar-refractivity contribution in [2.45, 2.75) is 31.7 Å². The molecule has 2 aliphatic rings. The van der Waals surface area contributed by atoms with Gasteiger partial charge in [-0.2, -0.15) is 0 Å². The van der Waals surface area contributed by atoms with Crippen molar-refractivity contribution >= 4 is 5.91 Å². The summed E-state index contributed by atoms with van der Waals surface area (Å²) < 4.78 is 0. The highest BCUT2D eigenvalue weighted by Gasteiger charge is 2.43. The molecule has 4 N–H and O–H groups in total. The Balaban J connectivity index is 1.97. The first kappa shape index (κ1) is 9.93. The number of rotatable bonds is 1. The van der Waals surface area contributed by atoms with Crippen LogP contribution in [0.4, 0.5) is 0 Å². The van der Waals surface area contributed by atoms with Crippen molar-refractivity contribution in [1.29, 1.82) is 0 Å². The molecule has 1 heterocycles. The standard InChI is InChI=1S/C10H19N3O/c11-6-9(14)13-4-3-10(7-13)2-1-8(12)5-10/h8H,1-7,11-12H2/t8-,10+/m0/s1. The van der Waals surface area contributed by atoms with Crippen LogP contribution in [0.5, 0.6) is 0 Å². The molecule has 0 aromatic heterocycles. The van der Waals surface area contributed by atoms with Gasteiger partial charge in [0.25, 0.3) is 0 Å². The molecule has 1 saturated carbocycles. The van der Waals surface area contributed by atoms with Crippen LogP contribution in [-0.2, 0) is 4.79 Å². The summed E-state index contributed by atoms with van der Waals surface area (Å²) in [7, 11) is 0. The Kier molecular flexibility index (Phi) is 2.49. The van der Waals surface area contributed by atoms with E-state index in [9.17, 15) is 4.79 Å². The third-order valence-corrected chi connectivity index (χ3v) is 3.71. The highest BCUT2D eigenvalue weighted by molar-refractivity contribution is 5.78. The molecule has 4 heteroatoms. The summed E-state index contributed by atoms with van der Waals surface area (Å²) in [6, 6.07) is 0.350. The van der Waals surface area contributed by atoms with Crippen LogP contribution in [0.2, 0.25) is 0 Å². The lowest BCUT2D eigenvalue weighted by Crippen LogP contribution is -2.36. The first-order valence-corrected chi connectivity index (χ1v) is 5.39. The number of carbonyl (C=O) groups is 1. The van der Waals surface area contributed by atoms with E-state index in [4.69, 9.17) is 11.5 Å². The predicted octanol–water partition coefficient (Wildman–Crippen LogP) is -0.325. The predicted molar refractivity (Wildman–Crippen MR) is 54.5 cm³/mol. The van der Waals surface area contributed by atoms with Crippen LogP contribution >= 0.6 is 0 Å². The number of hydrogen-bond acceptors (Lipinski definition) is 3. The summed E-state index contributed by atoms with van der Waals surface area (Å²) in [6.45, 7) is 1.90. The second-order valence-electron chi connectivity index (χ2n) is 4.77. The fraction of sp³-hybridized carbons (Fsp3) is 0.900. The lowest BCUT2D eigenvalue weighted by Gasteiger charge is -2.23. The number of hydrogen-bond donors (Lipinski definition) is 2. The molecule has 0 bridgehead atoms. The van der Waals surface area contributed by atoms with E-state index in [1.54, 1.807) is 0 Å². The monoisotopic (exact) mass is 197 g/mol. The van der Waals surface area contributed by atoms with Gasteiger partial charge in [0.2, 0.25) is 5.91 Å². The van der Waals surface area contributed by atoms with Gasteiger partial charge in [-0.1, -0.05) is 0 Å². The van der Waals surface area contributed by atoms with Crippen LogP contribution in [0, 0.1) is 5.41 Å². The molecule has 4 nitrogen and oxygen atoms in total. The smallest absolute Gasteiger partial charge is 0.236 e. The molecule has 1 aliphatic carbocycles. The minimum Gasteiger partial charge on any atom is -0.341 e. The molecular formula is C10H19N3O. The SMILES string of the molecule is NCC(=O)N1CC[C@@]2(CC[C@H](N)C2)C1. The Labute approximate surface area is 84.6 Å². The minimum atomic E-state index is 0.0855. The molecule has 80 valence electrons. The molecular weight excluding hydrogens is 178 g/mol. The quantitative estimate of drug-likeness (QED) is 0.605. The first-order chi connectivity index (χ1) is 6.65. The van der Waals surface area contributed by atoms with E-state index in [0.29, 0.717) is 11.5 Å². The summed E-state index contributed by atoms with van der Waals surface area (Å²) in [6.07, 6.45) is 4.50. The van der Waals surface area contributed by atoms with Gasteiger partial charge in [0, 0.05) is 19.1 Å². The number of carbonyl (C=O) groups excluding carboxylic acids is 1. The Morgan fingerprint density at radius 1 is 1.50 bits per heavy atom. The van der Waals surface area contributed by atoms with Crippen LogP contribution in [0.25, 0.3) is 0 Å². The third kappa shape index (κ3) is 1.64. The van der Waals surface area contributed by atoms with Gasteiger partial charge >= 0.3 is 0 Å². The van der Waals surface area contributed by atoms with E-state index in [1.807, 2.05) is 4.90 Å². The largest absolute Gasteiger partial charge is 0.341 e. The average molecular weight is 197 g/mol. The summed E-state index contributed by atoms with van der Waals surface area (Å²) in [5.74, 6) is 0.0855. The maximum Gasteiger partial charge on any atom is 0.236 e. The maximum atomic E-state index is 11.4. The first-order valence-electron chi connectivity index (χ1n) is 5.39. The third-order valence-electron chi connectivity index (χ3n) is 3.71. The van der Waals surface area contributed by atoms with E-state index in [-0.39, 0.29) is 12.5 Å². The fourth-order valence-corrected chi connectivity index (χ4v) is 2.90. The average Bonchev–Trinajstić information content (AvgIpc) is 2.74. The molecule has 0 radical (unpaired) electrons. The van der Waals surface area contributed by atoms with Gasteiger partial charge in [-0.25, -0.2) is 0 Å². The topological polar surface area (TPSA) is 72.4 Å². The molecule has 0 aromatic carbocycles. The molecule has 2 atom stereocenters. The zero-order valence-corrected chi connectivity index (χ0v) is 8.54. The molecule has 1 amide bonds. The van der Waals surface area contributed by atoms with Gasteiger partial charge in [-0.05, 0) is 31.1 Å². The molecule has 1 spiro atoms. The number of likely N-dealkylation sites (tertiary alicyclic amines) is 1.